The van der Waals surface area contributed by atoms with Gasteiger partial charge < -0.3 is 10.2 Å². The number of amidine groups is 1. The average molecular weight is 191 g/mol. The predicted molar refractivity (Wildman–Crippen MR) is 51.3 cm³/mol. The monoisotopic (exact) mass is 191 g/mol. The van der Waals surface area contributed by atoms with Crippen LogP contribution in [0.1, 0.15) is 13.3 Å². The molecule has 0 atom stereocenters. The summed E-state index contributed by atoms with van der Waals surface area (Å²) >= 11 is 0. The topological polar surface area (TPSA) is 36.9 Å². The third-order valence-electron chi connectivity index (χ3n) is 1.42. The molecule has 0 unspecified atom stereocenters. The van der Waals surface area contributed by atoms with Crippen molar-refractivity contribution in [2.24, 2.45) is 4.99 Å². The van der Waals surface area contributed by atoms with E-state index in [1.54, 1.807) is 0 Å². The van der Waals surface area contributed by atoms with Crippen LogP contribution < -0.4 is 5.32 Å². The standard InChI is InChI=1S/C8H18FN3O/c1-4-10-8(13-9)11-6-5-7-12(2)3/h4-7H2,1-3H3,(H,10,11). The molecule has 0 aliphatic rings. The van der Waals surface area contributed by atoms with Crippen molar-refractivity contribution in [3.8, 4) is 0 Å². The number of hydrogen-bond donors (Lipinski definition) is 1. The van der Waals surface area contributed by atoms with E-state index in [0.717, 1.165) is 13.0 Å². The quantitative estimate of drug-likeness (QED) is 0.397. The van der Waals surface area contributed by atoms with E-state index in [-0.39, 0.29) is 6.02 Å². The first kappa shape index (κ1) is 12.2. The molecule has 0 rings (SSSR count). The van der Waals surface area contributed by atoms with E-state index < -0.39 is 0 Å². The number of hydrogen-bond acceptors (Lipinski definition) is 3. The van der Waals surface area contributed by atoms with Crippen LogP contribution >= 0.6 is 0 Å². The lowest BCUT2D eigenvalue weighted by molar-refractivity contribution is -0.0298. The maximum atomic E-state index is 11.7. The number of nitrogens with zero attached hydrogens (tertiary/aromatic N) is 2. The molecular formula is C8H18FN3O. The summed E-state index contributed by atoms with van der Waals surface area (Å²) in [6.07, 6.45) is 0.894. The fourth-order valence-electron chi connectivity index (χ4n) is 0.826. The molecule has 0 bridgehead atoms. The van der Waals surface area contributed by atoms with Crippen LogP contribution in [0, 0.1) is 0 Å². The second-order valence-electron chi connectivity index (χ2n) is 2.95. The minimum atomic E-state index is -0.0266. The van der Waals surface area contributed by atoms with Crippen molar-refractivity contribution in [3.05, 3.63) is 0 Å². The highest BCUT2D eigenvalue weighted by molar-refractivity contribution is 5.72. The molecule has 0 saturated carbocycles. The Labute approximate surface area is 78.7 Å². The summed E-state index contributed by atoms with van der Waals surface area (Å²) in [6.45, 7) is 3.98. The summed E-state index contributed by atoms with van der Waals surface area (Å²) in [5, 5.41) is 2.66. The van der Waals surface area contributed by atoms with E-state index in [2.05, 4.69) is 20.2 Å². The smallest absolute Gasteiger partial charge is 0.329 e. The van der Waals surface area contributed by atoms with E-state index in [4.69, 9.17) is 0 Å². The van der Waals surface area contributed by atoms with Gasteiger partial charge in [0.25, 0.3) is 0 Å². The van der Waals surface area contributed by atoms with Crippen LogP contribution in [-0.4, -0.2) is 44.7 Å². The summed E-state index contributed by atoms with van der Waals surface area (Å²) in [7, 11) is 3.97. The Bertz CT molecular complexity index is 150. The van der Waals surface area contributed by atoms with E-state index in [0.29, 0.717) is 13.1 Å². The predicted octanol–water partition coefficient (Wildman–Crippen LogP) is 0.805. The molecular weight excluding hydrogens is 173 g/mol. The number of rotatable bonds is 5. The highest BCUT2D eigenvalue weighted by Crippen LogP contribution is 1.87. The van der Waals surface area contributed by atoms with E-state index >= 15 is 0 Å². The Morgan fingerprint density at radius 3 is 2.69 bits per heavy atom. The largest absolute Gasteiger partial charge is 0.337 e. The Hall–Kier alpha value is -0.840. The summed E-state index contributed by atoms with van der Waals surface area (Å²) in [4.78, 5) is 9.46. The van der Waals surface area contributed by atoms with Crippen molar-refractivity contribution in [2.75, 3.05) is 33.7 Å². The molecule has 0 radical (unpaired) electrons. The summed E-state index contributed by atoms with van der Waals surface area (Å²) in [5.74, 6) is 0. The molecule has 0 saturated heterocycles. The molecule has 5 heteroatoms. The van der Waals surface area contributed by atoms with Crippen LogP contribution in [0.25, 0.3) is 0 Å². The Morgan fingerprint density at radius 1 is 1.54 bits per heavy atom. The van der Waals surface area contributed by atoms with Crippen molar-refractivity contribution in [3.63, 3.8) is 0 Å². The van der Waals surface area contributed by atoms with Crippen LogP contribution in [0.3, 0.4) is 0 Å². The Balaban J connectivity index is 3.54. The van der Waals surface area contributed by atoms with Crippen molar-refractivity contribution < 1.29 is 9.47 Å². The molecule has 0 aromatic rings. The molecule has 0 amide bonds. The zero-order valence-corrected chi connectivity index (χ0v) is 8.51. The first-order chi connectivity index (χ1) is 6.20. The SMILES string of the molecule is CCNC(=NCCCN(C)C)OF. The van der Waals surface area contributed by atoms with Crippen LogP contribution in [0.15, 0.2) is 4.99 Å². The van der Waals surface area contributed by atoms with E-state index in [9.17, 15) is 4.53 Å². The zero-order chi connectivity index (χ0) is 10.1. The van der Waals surface area contributed by atoms with Gasteiger partial charge in [0.2, 0.25) is 0 Å². The second-order valence-corrected chi connectivity index (χ2v) is 2.95. The Morgan fingerprint density at radius 2 is 2.23 bits per heavy atom. The zero-order valence-electron chi connectivity index (χ0n) is 8.51. The van der Waals surface area contributed by atoms with Gasteiger partial charge in [0.1, 0.15) is 0 Å². The van der Waals surface area contributed by atoms with Gasteiger partial charge >= 0.3 is 6.02 Å². The third-order valence-corrected chi connectivity index (χ3v) is 1.42. The van der Waals surface area contributed by atoms with Crippen molar-refractivity contribution in [2.45, 2.75) is 13.3 Å². The molecule has 0 fully saturated rings. The minimum Gasteiger partial charge on any atom is -0.337 e. The number of aliphatic imine (C=N–C) groups is 1. The highest BCUT2D eigenvalue weighted by Gasteiger charge is 1.97. The molecule has 1 N–H and O–H groups in total. The fraction of sp³-hybridized carbons (Fsp3) is 0.875. The van der Waals surface area contributed by atoms with Crippen LogP contribution in [-0.2, 0) is 4.94 Å². The molecule has 4 nitrogen and oxygen atoms in total. The second kappa shape index (κ2) is 7.79. The van der Waals surface area contributed by atoms with Gasteiger partial charge in [0.05, 0.1) is 0 Å². The average Bonchev–Trinajstić information content (AvgIpc) is 2.10. The van der Waals surface area contributed by atoms with Gasteiger partial charge in [-0.15, -0.1) is 0 Å². The van der Waals surface area contributed by atoms with Crippen LogP contribution in [0.4, 0.5) is 4.53 Å². The van der Waals surface area contributed by atoms with Crippen molar-refractivity contribution in [1.82, 2.24) is 10.2 Å². The molecule has 13 heavy (non-hydrogen) atoms. The van der Waals surface area contributed by atoms with Gasteiger partial charge in [-0.25, -0.2) is 4.99 Å². The van der Waals surface area contributed by atoms with Crippen molar-refractivity contribution in [1.29, 1.82) is 0 Å². The number of nitrogens with one attached hydrogen (secondary N) is 1. The van der Waals surface area contributed by atoms with E-state index in [1.807, 2.05) is 21.0 Å². The maximum absolute atomic E-state index is 11.7. The first-order valence-corrected chi connectivity index (χ1v) is 4.42. The van der Waals surface area contributed by atoms with Crippen molar-refractivity contribution >= 4 is 6.02 Å². The summed E-state index contributed by atoms with van der Waals surface area (Å²) in [5.41, 5.74) is 0. The van der Waals surface area contributed by atoms with Gasteiger partial charge in [0.15, 0.2) is 0 Å². The molecule has 0 heterocycles. The number of halogens is 1. The van der Waals surface area contributed by atoms with Gasteiger partial charge in [0, 0.05) is 17.6 Å². The Kier molecular flexibility index (Phi) is 7.29. The highest BCUT2D eigenvalue weighted by atomic mass is 19.3. The normalized spacial score (nSPS) is 11.9. The molecule has 0 aromatic heterocycles. The van der Waals surface area contributed by atoms with Crippen LogP contribution in [0.2, 0.25) is 0 Å². The van der Waals surface area contributed by atoms with Gasteiger partial charge in [-0.3, -0.25) is 4.94 Å². The summed E-state index contributed by atoms with van der Waals surface area (Å²) < 4.78 is 11.7. The van der Waals surface area contributed by atoms with Gasteiger partial charge in [-0.05, 0) is 34.0 Å². The molecule has 0 aromatic carbocycles. The lowest BCUT2D eigenvalue weighted by atomic mass is 10.4. The molecule has 0 spiro atoms. The lowest BCUT2D eigenvalue weighted by Crippen LogP contribution is -2.24. The van der Waals surface area contributed by atoms with E-state index in [1.165, 1.54) is 0 Å². The molecule has 0 aliphatic heterocycles. The summed E-state index contributed by atoms with van der Waals surface area (Å²) in [6, 6.07) is -0.0266. The van der Waals surface area contributed by atoms with Crippen LogP contribution in [0.5, 0.6) is 0 Å². The maximum Gasteiger partial charge on any atom is 0.329 e. The first-order valence-electron chi connectivity index (χ1n) is 4.42. The molecule has 78 valence electrons. The van der Waals surface area contributed by atoms with Gasteiger partial charge in [-0.1, -0.05) is 0 Å². The minimum absolute atomic E-state index is 0.0266. The third kappa shape index (κ3) is 7.52. The lowest BCUT2D eigenvalue weighted by Gasteiger charge is -2.07. The molecule has 0 aliphatic carbocycles. The van der Waals surface area contributed by atoms with Gasteiger partial charge in [-0.2, -0.15) is 0 Å². The fourth-order valence-corrected chi connectivity index (χ4v) is 0.826.